The van der Waals surface area contributed by atoms with E-state index < -0.39 is 28.5 Å². The first-order valence-electron chi connectivity index (χ1n) is 15.3. The van der Waals surface area contributed by atoms with E-state index in [1.54, 1.807) is 41.3 Å². The van der Waals surface area contributed by atoms with E-state index in [0.29, 0.717) is 12.1 Å². The van der Waals surface area contributed by atoms with Crippen LogP contribution in [0, 0.1) is 27.7 Å². The fourth-order valence-electron chi connectivity index (χ4n) is 5.60. The molecule has 43 heavy (non-hydrogen) atoms. The van der Waals surface area contributed by atoms with Gasteiger partial charge in [0.25, 0.3) is 10.0 Å². The van der Waals surface area contributed by atoms with Crippen LogP contribution in [-0.4, -0.2) is 43.8 Å². The molecule has 1 atom stereocenters. The summed E-state index contributed by atoms with van der Waals surface area (Å²) in [6, 6.07) is 19.2. The van der Waals surface area contributed by atoms with E-state index in [2.05, 4.69) is 5.32 Å². The number of anilines is 1. The van der Waals surface area contributed by atoms with Crippen molar-refractivity contribution in [3.63, 3.8) is 0 Å². The second-order valence-corrected chi connectivity index (χ2v) is 13.7. The zero-order valence-electron chi connectivity index (χ0n) is 26.1. The monoisotopic (exact) mass is 603 g/mol. The van der Waals surface area contributed by atoms with Crippen LogP contribution in [0.2, 0.25) is 0 Å². The molecule has 2 amide bonds. The van der Waals surface area contributed by atoms with Crippen molar-refractivity contribution in [2.45, 2.75) is 96.7 Å². The van der Waals surface area contributed by atoms with Crippen molar-refractivity contribution < 1.29 is 18.0 Å². The molecule has 0 aromatic heterocycles. The predicted molar refractivity (Wildman–Crippen MR) is 172 cm³/mol. The summed E-state index contributed by atoms with van der Waals surface area (Å²) >= 11 is 0. The standard InChI is InChI=1S/C35H45N3O4S/c1-6-33(35(40)36-30-10-8-7-9-11-30)37(23-29-17-12-25(2)13-18-29)34(39)24-38(31-19-16-27(4)28(5)22-31)43(41,42)32-20-14-26(3)15-21-32/h12-22,30,33H,6-11,23-24H2,1-5H3,(H,36,40)/t33-/m0/s1. The molecule has 1 fully saturated rings. The van der Waals surface area contributed by atoms with E-state index in [1.165, 1.54) is 10.7 Å². The van der Waals surface area contributed by atoms with Crippen molar-refractivity contribution in [3.05, 3.63) is 94.5 Å². The molecule has 4 rings (SSSR count). The smallest absolute Gasteiger partial charge is 0.264 e. The van der Waals surface area contributed by atoms with Crippen molar-refractivity contribution in [3.8, 4) is 0 Å². The van der Waals surface area contributed by atoms with E-state index in [0.717, 1.165) is 53.5 Å². The third-order valence-corrected chi connectivity index (χ3v) is 10.3. The van der Waals surface area contributed by atoms with Gasteiger partial charge in [0.05, 0.1) is 10.6 Å². The first-order chi connectivity index (χ1) is 20.5. The second-order valence-electron chi connectivity index (χ2n) is 11.9. The van der Waals surface area contributed by atoms with E-state index in [9.17, 15) is 18.0 Å². The Kier molecular flexibility index (Phi) is 10.7. The maximum atomic E-state index is 14.3. The molecule has 0 heterocycles. The molecule has 3 aromatic carbocycles. The zero-order chi connectivity index (χ0) is 31.1. The number of hydrogen-bond donors (Lipinski definition) is 1. The quantitative estimate of drug-likeness (QED) is 0.276. The molecule has 0 radical (unpaired) electrons. The van der Waals surface area contributed by atoms with Crippen LogP contribution < -0.4 is 9.62 Å². The minimum Gasteiger partial charge on any atom is -0.352 e. The van der Waals surface area contributed by atoms with Crippen LogP contribution in [0.15, 0.2) is 71.6 Å². The molecule has 230 valence electrons. The van der Waals surface area contributed by atoms with Crippen LogP contribution in [0.1, 0.15) is 73.3 Å². The lowest BCUT2D eigenvalue weighted by Crippen LogP contribution is -2.54. The van der Waals surface area contributed by atoms with E-state index in [1.807, 2.05) is 65.0 Å². The highest BCUT2D eigenvalue weighted by atomic mass is 32.2. The molecule has 1 N–H and O–H groups in total. The number of carbonyl (C=O) groups is 2. The van der Waals surface area contributed by atoms with Gasteiger partial charge in [-0.2, -0.15) is 0 Å². The lowest BCUT2D eigenvalue weighted by atomic mass is 9.95. The van der Waals surface area contributed by atoms with E-state index in [-0.39, 0.29) is 23.4 Å². The molecular formula is C35H45N3O4S. The molecule has 1 saturated carbocycles. The summed E-state index contributed by atoms with van der Waals surface area (Å²) in [5.74, 6) is -0.617. The van der Waals surface area contributed by atoms with Gasteiger partial charge in [-0.05, 0) is 87.9 Å². The van der Waals surface area contributed by atoms with Gasteiger partial charge >= 0.3 is 0 Å². The van der Waals surface area contributed by atoms with Crippen LogP contribution in [0.25, 0.3) is 0 Å². The highest BCUT2D eigenvalue weighted by molar-refractivity contribution is 7.92. The Morgan fingerprint density at radius 3 is 2.02 bits per heavy atom. The lowest BCUT2D eigenvalue weighted by molar-refractivity contribution is -0.140. The van der Waals surface area contributed by atoms with Crippen LogP contribution in [0.4, 0.5) is 5.69 Å². The summed E-state index contributed by atoms with van der Waals surface area (Å²) in [4.78, 5) is 29.7. The van der Waals surface area contributed by atoms with Gasteiger partial charge in [-0.25, -0.2) is 8.42 Å². The van der Waals surface area contributed by atoms with Gasteiger partial charge in [0.1, 0.15) is 12.6 Å². The van der Waals surface area contributed by atoms with Crippen LogP contribution >= 0.6 is 0 Å². The SMILES string of the molecule is CC[C@@H](C(=O)NC1CCCCC1)N(Cc1ccc(C)cc1)C(=O)CN(c1ccc(C)c(C)c1)S(=O)(=O)c1ccc(C)cc1. The van der Waals surface area contributed by atoms with Gasteiger partial charge in [-0.1, -0.05) is 79.8 Å². The molecule has 0 spiro atoms. The summed E-state index contributed by atoms with van der Waals surface area (Å²) in [6.45, 7) is 9.43. The highest BCUT2D eigenvalue weighted by Gasteiger charge is 2.34. The Morgan fingerprint density at radius 2 is 1.44 bits per heavy atom. The van der Waals surface area contributed by atoms with Crippen molar-refractivity contribution in [2.24, 2.45) is 0 Å². The van der Waals surface area contributed by atoms with Crippen molar-refractivity contribution in [2.75, 3.05) is 10.8 Å². The molecule has 8 heteroatoms. The van der Waals surface area contributed by atoms with Gasteiger partial charge < -0.3 is 10.2 Å². The van der Waals surface area contributed by atoms with Crippen molar-refractivity contribution in [1.82, 2.24) is 10.2 Å². The number of sulfonamides is 1. The third kappa shape index (κ3) is 8.05. The number of rotatable bonds is 11. The predicted octanol–water partition coefficient (Wildman–Crippen LogP) is 6.37. The van der Waals surface area contributed by atoms with Gasteiger partial charge in [0, 0.05) is 12.6 Å². The van der Waals surface area contributed by atoms with Crippen molar-refractivity contribution >= 4 is 27.5 Å². The van der Waals surface area contributed by atoms with Crippen LogP contribution in [0.5, 0.6) is 0 Å². The normalized spacial score (nSPS) is 14.6. The van der Waals surface area contributed by atoms with Gasteiger partial charge in [0.15, 0.2) is 0 Å². The van der Waals surface area contributed by atoms with Gasteiger partial charge in [0.2, 0.25) is 11.8 Å². The molecule has 0 aliphatic heterocycles. The Labute approximate surface area is 257 Å². The maximum Gasteiger partial charge on any atom is 0.264 e. The van der Waals surface area contributed by atoms with Crippen LogP contribution in [-0.2, 0) is 26.2 Å². The largest absolute Gasteiger partial charge is 0.352 e. The molecule has 0 unspecified atom stereocenters. The van der Waals surface area contributed by atoms with E-state index >= 15 is 0 Å². The highest BCUT2D eigenvalue weighted by Crippen LogP contribution is 2.27. The average Bonchev–Trinajstić information content (AvgIpc) is 2.99. The Morgan fingerprint density at radius 1 is 0.837 bits per heavy atom. The van der Waals surface area contributed by atoms with Gasteiger partial charge in [-0.15, -0.1) is 0 Å². The first kappa shape index (κ1) is 32.3. The summed E-state index contributed by atoms with van der Waals surface area (Å²) in [6.07, 6.45) is 5.61. The third-order valence-electron chi connectivity index (χ3n) is 8.48. The second kappa shape index (κ2) is 14.2. The minimum absolute atomic E-state index is 0.0978. The molecule has 1 aliphatic rings. The Hall–Kier alpha value is -3.65. The summed E-state index contributed by atoms with van der Waals surface area (Å²) in [5, 5.41) is 3.20. The number of nitrogens with zero attached hydrogens (tertiary/aromatic N) is 2. The topological polar surface area (TPSA) is 86.8 Å². The average molecular weight is 604 g/mol. The molecule has 0 bridgehead atoms. The fourth-order valence-corrected chi connectivity index (χ4v) is 7.01. The number of benzene rings is 3. The Balaban J connectivity index is 1.72. The lowest BCUT2D eigenvalue weighted by Gasteiger charge is -2.34. The zero-order valence-corrected chi connectivity index (χ0v) is 26.9. The maximum absolute atomic E-state index is 14.3. The minimum atomic E-state index is -4.10. The summed E-state index contributed by atoms with van der Waals surface area (Å²) in [7, 11) is -4.10. The molecule has 1 aliphatic carbocycles. The van der Waals surface area contributed by atoms with Crippen LogP contribution in [0.3, 0.4) is 0 Å². The fraction of sp³-hybridized carbons (Fsp3) is 0.429. The summed E-state index contributed by atoms with van der Waals surface area (Å²) in [5.41, 5.74) is 5.26. The first-order valence-corrected chi connectivity index (χ1v) is 16.8. The molecule has 7 nitrogen and oxygen atoms in total. The number of amides is 2. The van der Waals surface area contributed by atoms with Crippen molar-refractivity contribution in [1.29, 1.82) is 0 Å². The molecular weight excluding hydrogens is 558 g/mol. The number of aryl methyl sites for hydroxylation is 4. The summed E-state index contributed by atoms with van der Waals surface area (Å²) < 4.78 is 29.4. The molecule has 0 saturated heterocycles. The molecule has 3 aromatic rings. The number of hydrogen-bond acceptors (Lipinski definition) is 4. The number of nitrogens with one attached hydrogen (secondary N) is 1. The van der Waals surface area contributed by atoms with E-state index in [4.69, 9.17) is 0 Å². The van der Waals surface area contributed by atoms with Gasteiger partial charge in [-0.3, -0.25) is 13.9 Å². The Bertz CT molecular complexity index is 1510. The number of carbonyl (C=O) groups excluding carboxylic acids is 2.